The second-order valence-electron chi connectivity index (χ2n) is 9.50. The highest BCUT2D eigenvalue weighted by atomic mass is 16.1. The van der Waals surface area contributed by atoms with Crippen LogP contribution in [0.1, 0.15) is 42.5 Å². The van der Waals surface area contributed by atoms with Gasteiger partial charge in [0.05, 0.1) is 31.9 Å². The Kier molecular flexibility index (Phi) is 10.2. The van der Waals surface area contributed by atoms with E-state index in [0.29, 0.717) is 44.0 Å². The second kappa shape index (κ2) is 14.4. The van der Waals surface area contributed by atoms with Crippen molar-refractivity contribution >= 4 is 17.2 Å². The molecule has 0 aliphatic rings. The van der Waals surface area contributed by atoms with Gasteiger partial charge in [0.2, 0.25) is 0 Å². The molecule has 0 heterocycles. The summed E-state index contributed by atoms with van der Waals surface area (Å²) in [5, 5.41) is 13.9. The average Bonchev–Trinajstić information content (AvgIpc) is 2.97. The number of Topliss-reactive ketones (excluding diaryl/α,β-unsaturated/α-hetero) is 1. The zero-order valence-electron chi connectivity index (χ0n) is 22.8. The van der Waals surface area contributed by atoms with Crippen molar-refractivity contribution in [3.8, 4) is 0 Å². The van der Waals surface area contributed by atoms with Crippen LogP contribution in [0, 0.1) is 0 Å². The van der Waals surface area contributed by atoms with Crippen LogP contribution in [-0.2, 0) is 31.0 Å². The topological polar surface area (TPSA) is 48.3 Å². The van der Waals surface area contributed by atoms with Gasteiger partial charge in [0.25, 0.3) is 0 Å². The molecule has 0 aliphatic carbocycles. The summed E-state index contributed by atoms with van der Waals surface area (Å²) < 4.78 is 0. The van der Waals surface area contributed by atoms with Crippen molar-refractivity contribution < 1.29 is 4.79 Å². The number of hydrogen-bond acceptors (Lipinski definition) is 5. The molecule has 4 rings (SSSR count). The first-order valence-corrected chi connectivity index (χ1v) is 13.4. The van der Waals surface area contributed by atoms with Crippen molar-refractivity contribution in [2.24, 2.45) is 10.2 Å². The van der Waals surface area contributed by atoms with Crippen molar-refractivity contribution in [2.75, 3.05) is 0 Å². The molecule has 5 nitrogen and oxygen atoms in total. The molecule has 198 valence electrons. The summed E-state index contributed by atoms with van der Waals surface area (Å²) in [4.78, 5) is 13.2. The van der Waals surface area contributed by atoms with Crippen molar-refractivity contribution in [1.82, 2.24) is 10.0 Å². The molecule has 0 radical (unpaired) electrons. The lowest BCUT2D eigenvalue weighted by Gasteiger charge is -2.23. The van der Waals surface area contributed by atoms with Crippen molar-refractivity contribution in [3.05, 3.63) is 144 Å². The Morgan fingerprint density at radius 2 is 0.846 bits per heavy atom. The first-order valence-electron chi connectivity index (χ1n) is 13.4. The van der Waals surface area contributed by atoms with Crippen LogP contribution in [0.4, 0.5) is 0 Å². The van der Waals surface area contributed by atoms with E-state index in [-0.39, 0.29) is 5.78 Å². The number of rotatable bonds is 13. The van der Waals surface area contributed by atoms with Crippen molar-refractivity contribution in [2.45, 2.75) is 46.4 Å². The predicted molar refractivity (Wildman–Crippen MR) is 160 cm³/mol. The van der Waals surface area contributed by atoms with E-state index in [0.717, 1.165) is 22.3 Å². The zero-order chi connectivity index (χ0) is 27.3. The molecule has 0 bridgehead atoms. The Bertz CT molecular complexity index is 1270. The maximum Gasteiger partial charge on any atom is 0.184 e. The lowest BCUT2D eigenvalue weighted by atomic mass is 10.1. The third-order valence-corrected chi connectivity index (χ3v) is 6.29. The van der Waals surface area contributed by atoms with E-state index in [1.54, 1.807) is 0 Å². The summed E-state index contributed by atoms with van der Waals surface area (Å²) in [5.41, 5.74) is 5.57. The van der Waals surface area contributed by atoms with E-state index < -0.39 is 0 Å². The number of carbonyl (C=O) groups excluding carboxylic acids is 1. The Morgan fingerprint density at radius 3 is 1.15 bits per heavy atom. The fourth-order valence-electron chi connectivity index (χ4n) is 4.33. The van der Waals surface area contributed by atoms with E-state index in [9.17, 15) is 4.79 Å². The second-order valence-corrected chi connectivity index (χ2v) is 9.50. The van der Waals surface area contributed by atoms with E-state index in [2.05, 4.69) is 48.5 Å². The maximum absolute atomic E-state index is 13.2. The monoisotopic (exact) mass is 516 g/mol. The average molecular weight is 517 g/mol. The fraction of sp³-hybridized carbons (Fsp3) is 0.206. The van der Waals surface area contributed by atoms with Gasteiger partial charge >= 0.3 is 0 Å². The van der Waals surface area contributed by atoms with Crippen LogP contribution >= 0.6 is 0 Å². The van der Waals surface area contributed by atoms with Gasteiger partial charge in [-0.3, -0.25) is 14.8 Å². The van der Waals surface area contributed by atoms with Gasteiger partial charge in [0, 0.05) is 6.42 Å². The van der Waals surface area contributed by atoms with E-state index in [1.807, 2.05) is 96.7 Å². The van der Waals surface area contributed by atoms with Gasteiger partial charge in [-0.1, -0.05) is 128 Å². The molecule has 0 aromatic heterocycles. The molecular formula is C34H36N4O. The minimum atomic E-state index is -0.0262. The molecule has 39 heavy (non-hydrogen) atoms. The highest BCUT2D eigenvalue weighted by Crippen LogP contribution is 2.14. The van der Waals surface area contributed by atoms with Gasteiger partial charge in [-0.15, -0.1) is 0 Å². The first-order chi connectivity index (χ1) is 19.1. The van der Waals surface area contributed by atoms with E-state index >= 15 is 0 Å². The van der Waals surface area contributed by atoms with Gasteiger partial charge in [-0.2, -0.15) is 10.2 Å². The lowest BCUT2D eigenvalue weighted by Crippen LogP contribution is -2.30. The van der Waals surface area contributed by atoms with Gasteiger partial charge in [-0.05, 0) is 29.2 Å². The Morgan fingerprint density at radius 1 is 0.538 bits per heavy atom. The number of ketones is 1. The van der Waals surface area contributed by atoms with Crippen LogP contribution in [-0.4, -0.2) is 27.2 Å². The van der Waals surface area contributed by atoms with E-state index in [1.165, 1.54) is 0 Å². The van der Waals surface area contributed by atoms with Gasteiger partial charge in [-0.25, -0.2) is 0 Å². The molecule has 4 aromatic rings. The molecule has 0 unspecified atom stereocenters. The lowest BCUT2D eigenvalue weighted by molar-refractivity contribution is -0.112. The largest absolute Gasteiger partial charge is 0.292 e. The molecule has 0 saturated heterocycles. The molecule has 0 N–H and O–H groups in total. The van der Waals surface area contributed by atoms with Crippen LogP contribution in [0.15, 0.2) is 132 Å². The number of hydrazone groups is 2. The van der Waals surface area contributed by atoms with Crippen LogP contribution in [0.25, 0.3) is 0 Å². The molecule has 0 atom stereocenters. The smallest absolute Gasteiger partial charge is 0.184 e. The Balaban J connectivity index is 1.68. The third kappa shape index (κ3) is 8.78. The molecule has 0 fully saturated rings. The Hall–Kier alpha value is -4.51. The van der Waals surface area contributed by atoms with Gasteiger partial charge < -0.3 is 0 Å². The summed E-state index contributed by atoms with van der Waals surface area (Å²) in [5.74, 6) is -0.0262. The normalized spacial score (nSPS) is 11.7. The molecule has 0 saturated carbocycles. The quantitative estimate of drug-likeness (QED) is 0.141. The molecule has 0 aliphatic heterocycles. The highest BCUT2D eigenvalue weighted by molar-refractivity contribution is 6.66. The van der Waals surface area contributed by atoms with Crippen LogP contribution in [0.5, 0.6) is 0 Å². The number of benzene rings is 4. The van der Waals surface area contributed by atoms with Gasteiger partial charge in [0.1, 0.15) is 5.71 Å². The molecule has 0 amide bonds. The van der Waals surface area contributed by atoms with Crippen LogP contribution in [0.3, 0.4) is 0 Å². The fourth-order valence-corrected chi connectivity index (χ4v) is 4.33. The maximum atomic E-state index is 13.2. The molecular weight excluding hydrogens is 480 g/mol. The van der Waals surface area contributed by atoms with E-state index in [4.69, 9.17) is 10.2 Å². The summed E-state index contributed by atoms with van der Waals surface area (Å²) in [6, 6.07) is 41.0. The summed E-state index contributed by atoms with van der Waals surface area (Å²) in [6.07, 6.45) is 0.355. The summed E-state index contributed by atoms with van der Waals surface area (Å²) in [7, 11) is 0. The molecule has 4 aromatic carbocycles. The molecule has 5 heteroatoms. The first kappa shape index (κ1) is 27.5. The highest BCUT2D eigenvalue weighted by Gasteiger charge is 2.18. The minimum absolute atomic E-state index is 0.0262. The standard InChI is InChI=1S/C34H36N4O/c1-3-33(39)34(36-38(26-31-20-12-6-13-21-31)27-32-22-14-7-15-23-32)28(2)35-37(24-29-16-8-4-9-17-29)25-30-18-10-5-11-19-30/h4-23H,3,24-27H2,1-2H3. The third-order valence-electron chi connectivity index (χ3n) is 6.29. The van der Waals surface area contributed by atoms with Crippen LogP contribution < -0.4 is 0 Å². The molecule has 0 spiro atoms. The SMILES string of the molecule is CCC(=O)C(=NN(Cc1ccccc1)Cc1ccccc1)C(C)=NN(Cc1ccccc1)Cc1ccccc1. The van der Waals surface area contributed by atoms with Crippen LogP contribution in [0.2, 0.25) is 0 Å². The number of nitrogens with zero attached hydrogens (tertiary/aromatic N) is 4. The summed E-state index contributed by atoms with van der Waals surface area (Å²) >= 11 is 0. The number of carbonyl (C=O) groups is 1. The van der Waals surface area contributed by atoms with Crippen molar-refractivity contribution in [3.63, 3.8) is 0 Å². The van der Waals surface area contributed by atoms with Gasteiger partial charge in [0.15, 0.2) is 5.78 Å². The Labute approximate surface area is 232 Å². The zero-order valence-corrected chi connectivity index (χ0v) is 22.8. The number of hydrogen-bond donors (Lipinski definition) is 0. The summed E-state index contributed by atoms with van der Waals surface area (Å²) in [6.45, 7) is 6.17. The minimum Gasteiger partial charge on any atom is -0.292 e. The predicted octanol–water partition coefficient (Wildman–Crippen LogP) is 7.10. The van der Waals surface area contributed by atoms with Crippen molar-refractivity contribution in [1.29, 1.82) is 0 Å².